The van der Waals surface area contributed by atoms with Crippen molar-refractivity contribution in [2.24, 2.45) is 0 Å². The van der Waals surface area contributed by atoms with E-state index in [0.717, 1.165) is 19.5 Å². The zero-order valence-electron chi connectivity index (χ0n) is 12.7. The average molecular weight is 258 g/mol. The van der Waals surface area contributed by atoms with Gasteiger partial charge in [-0.1, -0.05) is 25.1 Å². The van der Waals surface area contributed by atoms with Crippen molar-refractivity contribution in [3.63, 3.8) is 0 Å². The summed E-state index contributed by atoms with van der Waals surface area (Å²) in [5, 5.41) is 4.91. The Balaban J connectivity index is 2.05. The van der Waals surface area contributed by atoms with Crippen LogP contribution in [0.25, 0.3) is 10.9 Å². The van der Waals surface area contributed by atoms with Gasteiger partial charge in [-0.3, -0.25) is 0 Å². The maximum absolute atomic E-state index is 3.55. The topological polar surface area (TPSA) is 17.0 Å². The molecule has 1 aromatic carbocycles. The number of nitrogens with zero attached hydrogens (tertiary/aromatic N) is 1. The fourth-order valence-electron chi connectivity index (χ4n) is 2.53. The summed E-state index contributed by atoms with van der Waals surface area (Å²) in [6.45, 7) is 11.0. The van der Waals surface area contributed by atoms with Crippen molar-refractivity contribution >= 4 is 10.9 Å². The molecule has 0 aliphatic heterocycles. The quantitative estimate of drug-likeness (QED) is 0.803. The Morgan fingerprint density at radius 2 is 1.95 bits per heavy atom. The fourth-order valence-corrected chi connectivity index (χ4v) is 2.53. The molecule has 0 fully saturated rings. The lowest BCUT2D eigenvalue weighted by Crippen LogP contribution is -2.36. The van der Waals surface area contributed by atoms with Crippen molar-refractivity contribution in [1.82, 2.24) is 9.88 Å². The lowest BCUT2D eigenvalue weighted by molar-refractivity contribution is 0.414. The van der Waals surface area contributed by atoms with Gasteiger partial charge in [-0.25, -0.2) is 0 Å². The molecule has 19 heavy (non-hydrogen) atoms. The van der Waals surface area contributed by atoms with E-state index < -0.39 is 0 Å². The van der Waals surface area contributed by atoms with E-state index in [2.05, 4.69) is 68.0 Å². The van der Waals surface area contributed by atoms with Crippen LogP contribution in [-0.4, -0.2) is 16.7 Å². The molecular formula is C17H26N2. The predicted octanol–water partition coefficient (Wildman–Crippen LogP) is 3.98. The fraction of sp³-hybridized carbons (Fsp3) is 0.529. The zero-order chi connectivity index (χ0) is 13.9. The van der Waals surface area contributed by atoms with E-state index in [1.807, 2.05) is 0 Å². The van der Waals surface area contributed by atoms with Crippen LogP contribution in [0.4, 0.5) is 0 Å². The Kier molecular flexibility index (Phi) is 4.31. The van der Waals surface area contributed by atoms with Crippen LogP contribution in [0.5, 0.6) is 0 Å². The normalized spacial score (nSPS) is 12.2. The SMILES string of the molecule is CCc1cccc2ccn(CCCNC(C)(C)C)c12. The van der Waals surface area contributed by atoms with E-state index in [0.29, 0.717) is 0 Å². The van der Waals surface area contributed by atoms with Gasteiger partial charge in [-0.2, -0.15) is 0 Å². The minimum absolute atomic E-state index is 0.216. The molecule has 104 valence electrons. The van der Waals surface area contributed by atoms with Crippen LogP contribution in [0.2, 0.25) is 0 Å². The smallest absolute Gasteiger partial charge is 0.0512 e. The Bertz CT molecular complexity index is 532. The summed E-state index contributed by atoms with van der Waals surface area (Å²) in [6, 6.07) is 8.84. The Hall–Kier alpha value is -1.28. The van der Waals surface area contributed by atoms with Gasteiger partial charge in [0.2, 0.25) is 0 Å². The third-order valence-corrected chi connectivity index (χ3v) is 3.48. The lowest BCUT2D eigenvalue weighted by Gasteiger charge is -2.20. The van der Waals surface area contributed by atoms with E-state index in [-0.39, 0.29) is 5.54 Å². The molecular weight excluding hydrogens is 232 g/mol. The molecule has 2 nitrogen and oxygen atoms in total. The first-order chi connectivity index (χ1) is 9.01. The van der Waals surface area contributed by atoms with Gasteiger partial charge in [0, 0.05) is 18.3 Å². The number of aryl methyl sites for hydroxylation is 2. The highest BCUT2D eigenvalue weighted by atomic mass is 15.0. The molecule has 0 unspecified atom stereocenters. The molecule has 0 saturated heterocycles. The van der Waals surface area contributed by atoms with Gasteiger partial charge in [0.15, 0.2) is 0 Å². The van der Waals surface area contributed by atoms with Gasteiger partial charge in [-0.05, 0) is 57.2 Å². The second-order valence-electron chi connectivity index (χ2n) is 6.25. The standard InChI is InChI=1S/C17H26N2/c1-5-14-8-6-9-15-10-13-19(16(14)15)12-7-11-18-17(2,3)4/h6,8-10,13,18H,5,7,11-12H2,1-4H3. The van der Waals surface area contributed by atoms with Crippen LogP contribution in [-0.2, 0) is 13.0 Å². The van der Waals surface area contributed by atoms with Crippen molar-refractivity contribution in [3.05, 3.63) is 36.0 Å². The number of aromatic nitrogens is 1. The summed E-state index contributed by atoms with van der Waals surface area (Å²) >= 11 is 0. The van der Waals surface area contributed by atoms with E-state index in [1.54, 1.807) is 0 Å². The van der Waals surface area contributed by atoms with Crippen molar-refractivity contribution < 1.29 is 0 Å². The molecule has 0 bridgehead atoms. The minimum atomic E-state index is 0.216. The van der Waals surface area contributed by atoms with Crippen molar-refractivity contribution in [3.8, 4) is 0 Å². The van der Waals surface area contributed by atoms with Gasteiger partial charge in [0.05, 0.1) is 5.52 Å². The Morgan fingerprint density at radius 1 is 1.16 bits per heavy atom. The average Bonchev–Trinajstić information content (AvgIpc) is 2.77. The van der Waals surface area contributed by atoms with E-state index in [9.17, 15) is 0 Å². The summed E-state index contributed by atoms with van der Waals surface area (Å²) in [7, 11) is 0. The molecule has 2 heteroatoms. The van der Waals surface area contributed by atoms with Gasteiger partial charge in [0.25, 0.3) is 0 Å². The number of hydrogen-bond donors (Lipinski definition) is 1. The van der Waals surface area contributed by atoms with Crippen molar-refractivity contribution in [2.45, 2.75) is 52.6 Å². The van der Waals surface area contributed by atoms with Crippen LogP contribution in [0.3, 0.4) is 0 Å². The van der Waals surface area contributed by atoms with Gasteiger partial charge in [-0.15, -0.1) is 0 Å². The molecule has 2 rings (SSSR count). The summed E-state index contributed by atoms with van der Waals surface area (Å²) < 4.78 is 2.40. The molecule has 1 N–H and O–H groups in total. The summed E-state index contributed by atoms with van der Waals surface area (Å²) in [4.78, 5) is 0. The van der Waals surface area contributed by atoms with E-state index in [1.165, 1.54) is 22.9 Å². The maximum atomic E-state index is 3.55. The first-order valence-corrected chi connectivity index (χ1v) is 7.33. The molecule has 0 radical (unpaired) electrons. The number of fused-ring (bicyclic) bond motifs is 1. The molecule has 0 atom stereocenters. The predicted molar refractivity (Wildman–Crippen MR) is 83.7 cm³/mol. The summed E-state index contributed by atoms with van der Waals surface area (Å²) in [6.07, 6.45) is 4.49. The number of para-hydroxylation sites is 1. The third-order valence-electron chi connectivity index (χ3n) is 3.48. The maximum Gasteiger partial charge on any atom is 0.0512 e. The largest absolute Gasteiger partial charge is 0.347 e. The van der Waals surface area contributed by atoms with Crippen molar-refractivity contribution in [2.75, 3.05) is 6.54 Å². The molecule has 1 aromatic heterocycles. The minimum Gasteiger partial charge on any atom is -0.347 e. The molecule has 0 saturated carbocycles. The Labute approximate surface area is 116 Å². The number of hydrogen-bond acceptors (Lipinski definition) is 1. The molecule has 1 heterocycles. The highest BCUT2D eigenvalue weighted by molar-refractivity contribution is 5.83. The number of benzene rings is 1. The Morgan fingerprint density at radius 3 is 2.63 bits per heavy atom. The van der Waals surface area contributed by atoms with Gasteiger partial charge >= 0.3 is 0 Å². The molecule has 2 aromatic rings. The number of nitrogens with one attached hydrogen (secondary N) is 1. The van der Waals surface area contributed by atoms with Crippen LogP contribution in [0.15, 0.2) is 30.5 Å². The molecule has 0 aliphatic carbocycles. The zero-order valence-corrected chi connectivity index (χ0v) is 12.7. The first-order valence-electron chi connectivity index (χ1n) is 7.33. The van der Waals surface area contributed by atoms with Gasteiger partial charge < -0.3 is 9.88 Å². The lowest BCUT2D eigenvalue weighted by atomic mass is 10.1. The van der Waals surface area contributed by atoms with Crippen LogP contribution in [0.1, 0.15) is 39.7 Å². The highest BCUT2D eigenvalue weighted by Gasteiger charge is 2.08. The third kappa shape index (κ3) is 3.60. The van der Waals surface area contributed by atoms with Crippen LogP contribution >= 0.6 is 0 Å². The summed E-state index contributed by atoms with van der Waals surface area (Å²) in [5.74, 6) is 0. The second kappa shape index (κ2) is 5.79. The monoisotopic (exact) mass is 258 g/mol. The number of rotatable bonds is 5. The highest BCUT2D eigenvalue weighted by Crippen LogP contribution is 2.21. The van der Waals surface area contributed by atoms with Crippen LogP contribution < -0.4 is 5.32 Å². The molecule has 0 amide bonds. The second-order valence-corrected chi connectivity index (χ2v) is 6.25. The van der Waals surface area contributed by atoms with Crippen molar-refractivity contribution in [1.29, 1.82) is 0 Å². The van der Waals surface area contributed by atoms with Crippen LogP contribution in [0, 0.1) is 0 Å². The first kappa shape index (κ1) is 14.1. The van der Waals surface area contributed by atoms with E-state index in [4.69, 9.17) is 0 Å². The molecule has 0 aliphatic rings. The molecule has 0 spiro atoms. The summed E-state index contributed by atoms with van der Waals surface area (Å²) in [5.41, 5.74) is 3.08. The van der Waals surface area contributed by atoms with Gasteiger partial charge in [0.1, 0.15) is 0 Å². The van der Waals surface area contributed by atoms with E-state index >= 15 is 0 Å².